The number of nitrogen functional groups attached to an aromatic ring is 1. The van der Waals surface area contributed by atoms with Gasteiger partial charge < -0.3 is 15.4 Å². The number of nitrogens with two attached hydrogens (primary N) is 1. The van der Waals surface area contributed by atoms with Gasteiger partial charge >= 0.3 is 0 Å². The molecule has 0 atom stereocenters. The Balaban J connectivity index is 1.75. The minimum absolute atomic E-state index is 0.0953. The normalized spacial score (nSPS) is 13.1. The Morgan fingerprint density at radius 1 is 1.33 bits per heavy atom. The summed E-state index contributed by atoms with van der Waals surface area (Å²) in [6.45, 7) is 3.35. The molecule has 2 aromatic heterocycles. The fourth-order valence-corrected chi connectivity index (χ4v) is 2.24. The number of amides is 1. The number of aromatic nitrogens is 3. The number of anilines is 1. The van der Waals surface area contributed by atoms with Crippen molar-refractivity contribution in [1.82, 2.24) is 19.9 Å². The van der Waals surface area contributed by atoms with E-state index in [1.165, 1.54) is 6.20 Å². The maximum absolute atomic E-state index is 12.4. The minimum Gasteiger partial charge on any atom is -0.478 e. The predicted molar refractivity (Wildman–Crippen MR) is 75.4 cm³/mol. The van der Waals surface area contributed by atoms with Gasteiger partial charge in [-0.3, -0.25) is 4.79 Å². The molecule has 1 aliphatic heterocycles. The van der Waals surface area contributed by atoms with Crippen LogP contribution in [0.4, 0.5) is 5.95 Å². The number of hydrogen-bond acceptors (Lipinski definition) is 6. The summed E-state index contributed by atoms with van der Waals surface area (Å²) in [5, 5.41) is 0. The van der Waals surface area contributed by atoms with Crippen LogP contribution in [-0.4, -0.2) is 32.4 Å². The zero-order chi connectivity index (χ0) is 14.8. The largest absolute Gasteiger partial charge is 0.478 e. The fraction of sp³-hybridized carbons (Fsp3) is 0.286. The first-order valence-electron chi connectivity index (χ1n) is 6.65. The highest BCUT2D eigenvalue weighted by atomic mass is 16.5. The molecule has 108 valence electrons. The summed E-state index contributed by atoms with van der Waals surface area (Å²) in [6.07, 6.45) is 3.19. The standard InChI is InChI=1S/C14H15N5O2/c1-2-21-12-4-3-9(5-16-12)13(20)19-7-10-6-17-14(15)18-11(10)8-19/h3-6H,2,7-8H2,1H3,(H2,15,17,18). The van der Waals surface area contributed by atoms with Crippen LogP contribution in [0.1, 0.15) is 28.5 Å². The van der Waals surface area contributed by atoms with Crippen LogP contribution < -0.4 is 10.5 Å². The van der Waals surface area contributed by atoms with E-state index in [1.54, 1.807) is 23.2 Å². The van der Waals surface area contributed by atoms with Crippen LogP contribution in [0.5, 0.6) is 5.88 Å². The number of ether oxygens (including phenoxy) is 1. The third-order valence-electron chi connectivity index (χ3n) is 3.24. The van der Waals surface area contributed by atoms with Gasteiger partial charge in [0.15, 0.2) is 0 Å². The Hall–Kier alpha value is -2.70. The van der Waals surface area contributed by atoms with Crippen molar-refractivity contribution in [2.24, 2.45) is 0 Å². The van der Waals surface area contributed by atoms with Gasteiger partial charge in [-0.15, -0.1) is 0 Å². The molecule has 7 nitrogen and oxygen atoms in total. The Morgan fingerprint density at radius 3 is 2.90 bits per heavy atom. The summed E-state index contributed by atoms with van der Waals surface area (Å²) in [5.41, 5.74) is 7.81. The highest BCUT2D eigenvalue weighted by Crippen LogP contribution is 2.22. The third-order valence-corrected chi connectivity index (χ3v) is 3.24. The monoisotopic (exact) mass is 285 g/mol. The van der Waals surface area contributed by atoms with E-state index in [1.807, 2.05) is 6.92 Å². The van der Waals surface area contributed by atoms with Crippen LogP contribution in [0, 0.1) is 0 Å². The lowest BCUT2D eigenvalue weighted by atomic mass is 10.2. The molecule has 3 heterocycles. The average molecular weight is 285 g/mol. The van der Waals surface area contributed by atoms with Crippen molar-refractivity contribution >= 4 is 11.9 Å². The first-order valence-corrected chi connectivity index (χ1v) is 6.65. The zero-order valence-electron chi connectivity index (χ0n) is 11.6. The quantitative estimate of drug-likeness (QED) is 0.904. The lowest BCUT2D eigenvalue weighted by Crippen LogP contribution is -2.25. The summed E-state index contributed by atoms with van der Waals surface area (Å²) >= 11 is 0. The van der Waals surface area contributed by atoms with Crippen molar-refractivity contribution in [3.05, 3.63) is 41.3 Å². The number of fused-ring (bicyclic) bond motifs is 1. The van der Waals surface area contributed by atoms with Crippen LogP contribution in [0.3, 0.4) is 0 Å². The van der Waals surface area contributed by atoms with Crippen molar-refractivity contribution < 1.29 is 9.53 Å². The predicted octanol–water partition coefficient (Wildman–Crippen LogP) is 1.01. The number of nitrogens with zero attached hydrogens (tertiary/aromatic N) is 4. The van der Waals surface area contributed by atoms with Gasteiger partial charge in [0, 0.05) is 30.6 Å². The van der Waals surface area contributed by atoms with E-state index >= 15 is 0 Å². The van der Waals surface area contributed by atoms with Crippen molar-refractivity contribution in [1.29, 1.82) is 0 Å². The van der Waals surface area contributed by atoms with Gasteiger partial charge in [0.25, 0.3) is 5.91 Å². The van der Waals surface area contributed by atoms with Crippen LogP contribution >= 0.6 is 0 Å². The summed E-state index contributed by atoms with van der Waals surface area (Å²) in [5.74, 6) is 0.644. The molecule has 7 heteroatoms. The van der Waals surface area contributed by atoms with Crippen LogP contribution in [0.2, 0.25) is 0 Å². The second-order valence-corrected chi connectivity index (χ2v) is 4.68. The average Bonchev–Trinajstić information content (AvgIpc) is 2.90. The van der Waals surface area contributed by atoms with Crippen molar-refractivity contribution in [3.63, 3.8) is 0 Å². The number of carbonyl (C=O) groups excluding carboxylic acids is 1. The second kappa shape index (κ2) is 5.35. The topological polar surface area (TPSA) is 94.2 Å². The van der Waals surface area contributed by atoms with Crippen LogP contribution in [0.25, 0.3) is 0 Å². The van der Waals surface area contributed by atoms with Gasteiger partial charge in [0.05, 0.1) is 24.4 Å². The van der Waals surface area contributed by atoms with E-state index in [0.717, 1.165) is 11.3 Å². The first-order chi connectivity index (χ1) is 10.2. The Kier molecular flexibility index (Phi) is 3.39. The molecule has 2 aromatic rings. The van der Waals surface area contributed by atoms with Gasteiger partial charge in [-0.25, -0.2) is 15.0 Å². The van der Waals surface area contributed by atoms with Crippen molar-refractivity contribution in [2.45, 2.75) is 20.0 Å². The van der Waals surface area contributed by atoms with Crippen LogP contribution in [-0.2, 0) is 13.1 Å². The van der Waals surface area contributed by atoms with Crippen molar-refractivity contribution in [2.75, 3.05) is 12.3 Å². The Morgan fingerprint density at radius 2 is 2.19 bits per heavy atom. The van der Waals surface area contributed by atoms with Gasteiger partial charge in [0.2, 0.25) is 11.8 Å². The van der Waals surface area contributed by atoms with Gasteiger partial charge in [-0.2, -0.15) is 0 Å². The van der Waals surface area contributed by atoms with Crippen LogP contribution in [0.15, 0.2) is 24.5 Å². The molecule has 2 N–H and O–H groups in total. The minimum atomic E-state index is -0.0953. The van der Waals surface area contributed by atoms with E-state index in [4.69, 9.17) is 10.5 Å². The van der Waals surface area contributed by atoms with E-state index in [9.17, 15) is 4.79 Å². The Bertz CT molecular complexity index is 672. The third kappa shape index (κ3) is 2.62. The molecule has 21 heavy (non-hydrogen) atoms. The lowest BCUT2D eigenvalue weighted by molar-refractivity contribution is 0.0750. The molecule has 1 amide bonds. The number of carbonyl (C=O) groups is 1. The molecule has 1 aliphatic rings. The van der Waals surface area contributed by atoms with Gasteiger partial charge in [-0.05, 0) is 13.0 Å². The number of hydrogen-bond donors (Lipinski definition) is 1. The molecule has 0 saturated heterocycles. The summed E-state index contributed by atoms with van der Waals surface area (Å²) in [7, 11) is 0. The molecule has 0 unspecified atom stereocenters. The van der Waals surface area contributed by atoms with E-state index in [0.29, 0.717) is 31.1 Å². The molecule has 0 radical (unpaired) electrons. The van der Waals surface area contributed by atoms with Gasteiger partial charge in [0.1, 0.15) is 0 Å². The fourth-order valence-electron chi connectivity index (χ4n) is 2.24. The molecular formula is C14H15N5O2. The van der Waals surface area contributed by atoms with E-state index in [2.05, 4.69) is 15.0 Å². The smallest absolute Gasteiger partial charge is 0.256 e. The van der Waals surface area contributed by atoms with Gasteiger partial charge in [-0.1, -0.05) is 0 Å². The Labute approximate surface area is 121 Å². The van der Waals surface area contributed by atoms with E-state index < -0.39 is 0 Å². The maximum atomic E-state index is 12.4. The highest BCUT2D eigenvalue weighted by molar-refractivity contribution is 5.94. The molecule has 0 saturated carbocycles. The summed E-state index contributed by atoms with van der Waals surface area (Å²) in [6, 6.07) is 3.40. The second-order valence-electron chi connectivity index (χ2n) is 4.68. The molecule has 0 aliphatic carbocycles. The first kappa shape index (κ1) is 13.3. The molecule has 3 rings (SSSR count). The SMILES string of the molecule is CCOc1ccc(C(=O)N2Cc3cnc(N)nc3C2)cn1. The van der Waals surface area contributed by atoms with Crippen molar-refractivity contribution in [3.8, 4) is 5.88 Å². The summed E-state index contributed by atoms with van der Waals surface area (Å²) < 4.78 is 5.26. The molecule has 0 spiro atoms. The zero-order valence-corrected chi connectivity index (χ0v) is 11.6. The number of pyridine rings is 1. The molecule has 0 fully saturated rings. The van der Waals surface area contributed by atoms with E-state index in [-0.39, 0.29) is 11.9 Å². The number of rotatable bonds is 3. The summed E-state index contributed by atoms with van der Waals surface area (Å²) in [4.78, 5) is 26.3. The lowest BCUT2D eigenvalue weighted by Gasteiger charge is -2.14. The molecular weight excluding hydrogens is 270 g/mol. The highest BCUT2D eigenvalue weighted by Gasteiger charge is 2.26. The molecule has 0 bridgehead atoms. The maximum Gasteiger partial charge on any atom is 0.256 e. The molecule has 0 aromatic carbocycles.